The molecule has 2 nitrogen and oxygen atoms in total. The van der Waals surface area contributed by atoms with Crippen molar-refractivity contribution in [2.45, 2.75) is 38.3 Å². The second kappa shape index (κ2) is 5.79. The van der Waals surface area contributed by atoms with E-state index in [1.165, 1.54) is 0 Å². The van der Waals surface area contributed by atoms with E-state index in [2.05, 4.69) is 19.2 Å². The monoisotopic (exact) mass is 287 g/mol. The Morgan fingerprint density at radius 3 is 2.83 bits per heavy atom. The van der Waals surface area contributed by atoms with Gasteiger partial charge in [0.2, 0.25) is 0 Å². The fourth-order valence-electron chi connectivity index (χ4n) is 2.62. The van der Waals surface area contributed by atoms with E-state index in [0.29, 0.717) is 5.02 Å². The first-order valence-electron chi connectivity index (χ1n) is 6.39. The van der Waals surface area contributed by atoms with Crippen LogP contribution >= 0.6 is 23.2 Å². The second-order valence-electron chi connectivity index (χ2n) is 4.92. The van der Waals surface area contributed by atoms with Crippen molar-refractivity contribution >= 4 is 23.2 Å². The third-order valence-electron chi connectivity index (χ3n) is 3.54. The molecule has 2 atom stereocenters. The van der Waals surface area contributed by atoms with Gasteiger partial charge in [-0.15, -0.1) is 0 Å². The summed E-state index contributed by atoms with van der Waals surface area (Å²) in [4.78, 5) is 0. The summed E-state index contributed by atoms with van der Waals surface area (Å²) in [6.07, 6.45) is 2.13. The molecule has 1 N–H and O–H groups in total. The summed E-state index contributed by atoms with van der Waals surface area (Å²) in [7, 11) is 0. The Hall–Kier alpha value is -0.280. The number of ether oxygens (including phenoxy) is 1. The van der Waals surface area contributed by atoms with Gasteiger partial charge in [0.1, 0.15) is 0 Å². The van der Waals surface area contributed by atoms with Crippen molar-refractivity contribution in [3.8, 4) is 0 Å². The van der Waals surface area contributed by atoms with Gasteiger partial charge >= 0.3 is 0 Å². The number of benzene rings is 1. The van der Waals surface area contributed by atoms with Crippen LogP contribution in [0.25, 0.3) is 0 Å². The number of halogens is 2. The summed E-state index contributed by atoms with van der Waals surface area (Å²) in [5.74, 6) is 0. The zero-order chi connectivity index (χ0) is 13.2. The van der Waals surface area contributed by atoms with E-state index < -0.39 is 0 Å². The average Bonchev–Trinajstić information content (AvgIpc) is 2.77. The molecule has 2 unspecified atom stereocenters. The summed E-state index contributed by atoms with van der Waals surface area (Å²) in [6.45, 7) is 5.91. The predicted octanol–water partition coefficient (Wildman–Crippen LogP) is 4.21. The molecule has 0 saturated carbocycles. The molecule has 0 amide bonds. The molecule has 4 heteroatoms. The van der Waals surface area contributed by atoms with Gasteiger partial charge in [0.15, 0.2) is 0 Å². The molecule has 1 fully saturated rings. The van der Waals surface area contributed by atoms with Crippen LogP contribution in [0, 0.1) is 0 Å². The molecular formula is C14H19Cl2NO. The first-order chi connectivity index (χ1) is 8.57. The maximum atomic E-state index is 6.31. The van der Waals surface area contributed by atoms with Crippen molar-refractivity contribution in [2.24, 2.45) is 0 Å². The van der Waals surface area contributed by atoms with Gasteiger partial charge in [0, 0.05) is 16.7 Å². The van der Waals surface area contributed by atoms with E-state index in [0.717, 1.165) is 36.6 Å². The summed E-state index contributed by atoms with van der Waals surface area (Å²) < 4.78 is 5.94. The van der Waals surface area contributed by atoms with Crippen molar-refractivity contribution in [1.82, 2.24) is 5.32 Å². The van der Waals surface area contributed by atoms with Crippen molar-refractivity contribution < 1.29 is 4.74 Å². The number of hydrogen-bond donors (Lipinski definition) is 1. The van der Waals surface area contributed by atoms with E-state index in [9.17, 15) is 0 Å². The molecule has 2 rings (SSSR count). The Morgan fingerprint density at radius 2 is 2.22 bits per heavy atom. The van der Waals surface area contributed by atoms with Gasteiger partial charge < -0.3 is 10.1 Å². The van der Waals surface area contributed by atoms with Gasteiger partial charge in [0.05, 0.1) is 11.6 Å². The van der Waals surface area contributed by atoms with Crippen LogP contribution in [-0.2, 0) is 4.74 Å². The summed E-state index contributed by atoms with van der Waals surface area (Å²) in [6, 6.07) is 5.68. The highest BCUT2D eigenvalue weighted by Gasteiger charge is 2.39. The van der Waals surface area contributed by atoms with E-state index >= 15 is 0 Å². The highest BCUT2D eigenvalue weighted by atomic mass is 35.5. The molecule has 0 radical (unpaired) electrons. The molecule has 1 aliphatic heterocycles. The Labute approximate surface area is 119 Å². The first kappa shape index (κ1) is 14.1. The van der Waals surface area contributed by atoms with Crippen molar-refractivity contribution in [1.29, 1.82) is 0 Å². The summed E-state index contributed by atoms with van der Waals surface area (Å²) >= 11 is 12.4. The van der Waals surface area contributed by atoms with E-state index in [1.807, 2.05) is 18.2 Å². The number of rotatable bonds is 4. The molecule has 1 aromatic carbocycles. The van der Waals surface area contributed by atoms with Gasteiger partial charge in [-0.1, -0.05) is 30.1 Å². The van der Waals surface area contributed by atoms with Crippen LogP contribution < -0.4 is 5.32 Å². The minimum atomic E-state index is -0.204. The smallest absolute Gasteiger partial charge is 0.0849 e. The molecule has 0 spiro atoms. The third-order valence-corrected chi connectivity index (χ3v) is 4.12. The Balaban J connectivity index is 2.37. The molecule has 0 aromatic heterocycles. The van der Waals surface area contributed by atoms with E-state index in [4.69, 9.17) is 27.9 Å². The molecule has 18 heavy (non-hydrogen) atoms. The van der Waals surface area contributed by atoms with E-state index in [1.54, 1.807) is 0 Å². The quantitative estimate of drug-likeness (QED) is 0.896. The van der Waals surface area contributed by atoms with Gasteiger partial charge in [-0.3, -0.25) is 0 Å². The van der Waals surface area contributed by atoms with Crippen LogP contribution in [0.2, 0.25) is 10.0 Å². The molecule has 0 bridgehead atoms. The van der Waals surface area contributed by atoms with Crippen molar-refractivity contribution in [2.75, 3.05) is 13.2 Å². The Morgan fingerprint density at radius 1 is 1.44 bits per heavy atom. The minimum absolute atomic E-state index is 0.0798. The van der Waals surface area contributed by atoms with Crippen LogP contribution in [0.15, 0.2) is 18.2 Å². The van der Waals surface area contributed by atoms with Crippen molar-refractivity contribution in [3.63, 3.8) is 0 Å². The fourth-order valence-corrected chi connectivity index (χ4v) is 3.03. The van der Waals surface area contributed by atoms with Crippen LogP contribution in [0.3, 0.4) is 0 Å². The Kier molecular flexibility index (Phi) is 4.54. The molecule has 0 aliphatic carbocycles. The SMILES string of the molecule is CCNC(c1cc(Cl)ccc1Cl)C1(C)CCCO1. The number of likely N-dealkylation sites (N-methyl/N-ethyl adjacent to an activating group) is 1. The standard InChI is InChI=1S/C14H19Cl2NO/c1-3-17-13(14(2)7-4-8-18-14)11-9-10(15)5-6-12(11)16/h5-6,9,13,17H,3-4,7-8H2,1-2H3. The lowest BCUT2D eigenvalue weighted by Crippen LogP contribution is -2.41. The number of hydrogen-bond acceptors (Lipinski definition) is 2. The van der Waals surface area contributed by atoms with Gasteiger partial charge in [0.25, 0.3) is 0 Å². The summed E-state index contributed by atoms with van der Waals surface area (Å²) in [5, 5.41) is 4.93. The molecule has 100 valence electrons. The second-order valence-corrected chi connectivity index (χ2v) is 5.76. The van der Waals surface area contributed by atoms with Crippen LogP contribution in [0.4, 0.5) is 0 Å². The molecule has 1 saturated heterocycles. The average molecular weight is 288 g/mol. The molecule has 1 aromatic rings. The lowest BCUT2D eigenvalue weighted by atomic mass is 9.87. The van der Waals surface area contributed by atoms with Crippen molar-refractivity contribution in [3.05, 3.63) is 33.8 Å². The first-order valence-corrected chi connectivity index (χ1v) is 7.14. The lowest BCUT2D eigenvalue weighted by Gasteiger charge is -2.35. The third kappa shape index (κ3) is 2.83. The zero-order valence-electron chi connectivity index (χ0n) is 10.8. The minimum Gasteiger partial charge on any atom is -0.373 e. The largest absolute Gasteiger partial charge is 0.373 e. The molecular weight excluding hydrogens is 269 g/mol. The lowest BCUT2D eigenvalue weighted by molar-refractivity contribution is -0.0120. The maximum absolute atomic E-state index is 6.31. The van der Waals surface area contributed by atoms with Crippen LogP contribution in [-0.4, -0.2) is 18.8 Å². The molecule has 1 aliphatic rings. The normalized spacial score (nSPS) is 25.3. The van der Waals surface area contributed by atoms with Gasteiger partial charge in [-0.25, -0.2) is 0 Å². The van der Waals surface area contributed by atoms with Crippen LogP contribution in [0.5, 0.6) is 0 Å². The highest BCUT2D eigenvalue weighted by molar-refractivity contribution is 6.33. The molecule has 1 heterocycles. The zero-order valence-corrected chi connectivity index (χ0v) is 12.3. The topological polar surface area (TPSA) is 21.3 Å². The summed E-state index contributed by atoms with van der Waals surface area (Å²) in [5.41, 5.74) is 0.819. The Bertz CT molecular complexity index is 416. The highest BCUT2D eigenvalue weighted by Crippen LogP contribution is 2.40. The maximum Gasteiger partial charge on any atom is 0.0849 e. The predicted molar refractivity (Wildman–Crippen MR) is 76.5 cm³/mol. The van der Waals surface area contributed by atoms with Gasteiger partial charge in [-0.2, -0.15) is 0 Å². The van der Waals surface area contributed by atoms with Gasteiger partial charge in [-0.05, 0) is 50.1 Å². The van der Waals surface area contributed by atoms with Crippen LogP contribution in [0.1, 0.15) is 38.3 Å². The number of nitrogens with one attached hydrogen (secondary N) is 1. The fraction of sp³-hybridized carbons (Fsp3) is 0.571. The van der Waals surface area contributed by atoms with E-state index in [-0.39, 0.29) is 11.6 Å².